The highest BCUT2D eigenvalue weighted by Gasteiger charge is 2.09. The molecule has 7 heteroatoms. The zero-order valence-electron chi connectivity index (χ0n) is 11.2. The molecule has 0 saturated carbocycles. The van der Waals surface area contributed by atoms with Crippen molar-refractivity contribution in [2.24, 2.45) is 0 Å². The molecule has 2 aromatic carbocycles. The predicted octanol–water partition coefficient (Wildman–Crippen LogP) is 3.71. The molecule has 0 atom stereocenters. The summed E-state index contributed by atoms with van der Waals surface area (Å²) in [4.78, 5) is 22.6. The molecule has 0 radical (unpaired) electrons. The number of aliphatic carboxylic acids is 1. The van der Waals surface area contributed by atoms with Crippen LogP contribution in [0.1, 0.15) is 10.4 Å². The number of anilines is 1. The Hall–Kier alpha value is -2.24. The van der Waals surface area contributed by atoms with Crippen molar-refractivity contribution in [1.82, 2.24) is 0 Å². The van der Waals surface area contributed by atoms with Crippen molar-refractivity contribution in [1.29, 1.82) is 0 Å². The third kappa shape index (κ3) is 4.38. The van der Waals surface area contributed by atoms with Gasteiger partial charge in [-0.15, -0.1) is 0 Å². The van der Waals surface area contributed by atoms with Crippen molar-refractivity contribution < 1.29 is 19.4 Å². The van der Waals surface area contributed by atoms with Crippen molar-refractivity contribution in [2.75, 3.05) is 11.9 Å². The zero-order chi connectivity index (χ0) is 16.1. The summed E-state index contributed by atoms with van der Waals surface area (Å²) < 4.78 is 5.04. The van der Waals surface area contributed by atoms with E-state index in [0.29, 0.717) is 22.0 Å². The number of amides is 1. The highest BCUT2D eigenvalue weighted by Crippen LogP contribution is 2.23. The Kier molecular flexibility index (Phi) is 5.25. The van der Waals surface area contributed by atoms with Crippen LogP contribution in [0.3, 0.4) is 0 Å². The third-order valence-electron chi connectivity index (χ3n) is 2.64. The van der Waals surface area contributed by atoms with Gasteiger partial charge in [-0.2, -0.15) is 0 Å². The van der Waals surface area contributed by atoms with Crippen molar-refractivity contribution in [3.05, 3.63) is 58.1 Å². The van der Waals surface area contributed by atoms with E-state index in [1.807, 2.05) is 0 Å². The lowest BCUT2D eigenvalue weighted by atomic mass is 10.2. The van der Waals surface area contributed by atoms with Gasteiger partial charge in [0, 0.05) is 17.3 Å². The largest absolute Gasteiger partial charge is 0.482 e. The number of hydrogen-bond donors (Lipinski definition) is 2. The lowest BCUT2D eigenvalue weighted by molar-refractivity contribution is -0.139. The first kappa shape index (κ1) is 16.1. The first-order chi connectivity index (χ1) is 10.5. The maximum atomic E-state index is 12.1. The molecular weight excluding hydrogens is 329 g/mol. The van der Waals surface area contributed by atoms with Crippen LogP contribution < -0.4 is 10.1 Å². The van der Waals surface area contributed by atoms with E-state index in [-0.39, 0.29) is 10.9 Å². The van der Waals surface area contributed by atoms with Gasteiger partial charge < -0.3 is 15.2 Å². The number of nitrogens with one attached hydrogen (secondary N) is 1. The number of ether oxygens (including phenoxy) is 1. The molecule has 0 heterocycles. The van der Waals surface area contributed by atoms with Gasteiger partial charge in [-0.1, -0.05) is 29.3 Å². The maximum absolute atomic E-state index is 12.1. The van der Waals surface area contributed by atoms with E-state index in [9.17, 15) is 9.59 Å². The van der Waals surface area contributed by atoms with Gasteiger partial charge in [-0.3, -0.25) is 4.79 Å². The van der Waals surface area contributed by atoms with Crippen LogP contribution in [0.2, 0.25) is 10.0 Å². The molecule has 1 amide bonds. The van der Waals surface area contributed by atoms with Gasteiger partial charge in [-0.05, 0) is 30.3 Å². The Labute approximate surface area is 136 Å². The van der Waals surface area contributed by atoms with Crippen LogP contribution in [0.4, 0.5) is 5.69 Å². The Balaban J connectivity index is 2.09. The van der Waals surface area contributed by atoms with E-state index < -0.39 is 12.6 Å². The zero-order valence-corrected chi connectivity index (χ0v) is 12.7. The number of carboxylic acids is 1. The van der Waals surface area contributed by atoms with Crippen LogP contribution in [0.25, 0.3) is 0 Å². The van der Waals surface area contributed by atoms with E-state index >= 15 is 0 Å². The number of rotatable bonds is 5. The lowest BCUT2D eigenvalue weighted by Crippen LogP contribution is -2.12. The van der Waals surface area contributed by atoms with Crippen LogP contribution in [-0.2, 0) is 4.79 Å². The summed E-state index contributed by atoms with van der Waals surface area (Å²) in [7, 11) is 0. The smallest absolute Gasteiger partial charge is 0.341 e. The van der Waals surface area contributed by atoms with E-state index in [4.69, 9.17) is 33.0 Å². The van der Waals surface area contributed by atoms with Crippen LogP contribution in [0.15, 0.2) is 42.5 Å². The Morgan fingerprint density at radius 2 is 1.86 bits per heavy atom. The molecule has 0 aromatic heterocycles. The Morgan fingerprint density at radius 3 is 2.55 bits per heavy atom. The monoisotopic (exact) mass is 339 g/mol. The number of hydrogen-bond acceptors (Lipinski definition) is 3. The summed E-state index contributed by atoms with van der Waals surface area (Å²) >= 11 is 11.7. The molecule has 0 aliphatic heterocycles. The first-order valence-corrected chi connectivity index (χ1v) is 6.92. The molecule has 2 aromatic rings. The predicted molar refractivity (Wildman–Crippen MR) is 84.0 cm³/mol. The molecule has 0 spiro atoms. The van der Waals surface area contributed by atoms with Crippen molar-refractivity contribution in [2.45, 2.75) is 0 Å². The molecule has 0 aliphatic carbocycles. The summed E-state index contributed by atoms with van der Waals surface area (Å²) in [6.45, 7) is -0.454. The Bertz CT molecular complexity index is 718. The summed E-state index contributed by atoms with van der Waals surface area (Å²) in [5.74, 6) is -1.10. The molecule has 22 heavy (non-hydrogen) atoms. The average molecular weight is 340 g/mol. The lowest BCUT2D eigenvalue weighted by Gasteiger charge is -2.08. The minimum absolute atomic E-state index is 0.285. The second-order valence-corrected chi connectivity index (χ2v) is 5.11. The summed E-state index contributed by atoms with van der Waals surface area (Å²) in [6.07, 6.45) is 0. The molecule has 2 N–H and O–H groups in total. The number of halogens is 2. The molecular formula is C15H11Cl2NO4. The van der Waals surface area contributed by atoms with Gasteiger partial charge in [0.15, 0.2) is 6.61 Å². The highest BCUT2D eigenvalue weighted by atomic mass is 35.5. The summed E-state index contributed by atoms with van der Waals surface area (Å²) in [6, 6.07) is 11.0. The molecule has 0 bridgehead atoms. The van der Waals surface area contributed by atoms with E-state index in [2.05, 4.69) is 5.32 Å². The summed E-state index contributed by atoms with van der Waals surface area (Å²) in [5.41, 5.74) is 0.824. The van der Waals surface area contributed by atoms with Crippen molar-refractivity contribution in [3.8, 4) is 5.75 Å². The first-order valence-electron chi connectivity index (χ1n) is 6.17. The number of carboxylic acid groups (broad SMARTS) is 1. The topological polar surface area (TPSA) is 75.6 Å². The van der Waals surface area contributed by atoms with Crippen LogP contribution in [-0.4, -0.2) is 23.6 Å². The molecule has 0 fully saturated rings. The van der Waals surface area contributed by atoms with Gasteiger partial charge in [0.2, 0.25) is 0 Å². The SMILES string of the molecule is O=C(O)COc1cccc(NC(=O)c2ccc(Cl)c(Cl)c2)c1. The van der Waals surface area contributed by atoms with Gasteiger partial charge >= 0.3 is 5.97 Å². The molecule has 2 rings (SSSR count). The van der Waals surface area contributed by atoms with Crippen molar-refractivity contribution >= 4 is 40.8 Å². The quantitative estimate of drug-likeness (QED) is 0.870. The van der Waals surface area contributed by atoms with E-state index in [1.165, 1.54) is 18.2 Å². The van der Waals surface area contributed by atoms with E-state index in [1.54, 1.807) is 24.3 Å². The molecule has 114 valence electrons. The Morgan fingerprint density at radius 1 is 1.09 bits per heavy atom. The second kappa shape index (κ2) is 7.15. The van der Waals surface area contributed by atoms with Gasteiger partial charge in [0.05, 0.1) is 10.0 Å². The number of carbonyl (C=O) groups excluding carboxylic acids is 1. The molecule has 0 aliphatic rings. The number of carbonyl (C=O) groups is 2. The van der Waals surface area contributed by atoms with Crippen LogP contribution in [0.5, 0.6) is 5.75 Å². The second-order valence-electron chi connectivity index (χ2n) is 4.29. The molecule has 5 nitrogen and oxygen atoms in total. The third-order valence-corrected chi connectivity index (χ3v) is 3.38. The maximum Gasteiger partial charge on any atom is 0.341 e. The van der Waals surface area contributed by atoms with Crippen LogP contribution >= 0.6 is 23.2 Å². The molecule has 0 saturated heterocycles. The normalized spacial score (nSPS) is 10.1. The van der Waals surface area contributed by atoms with Crippen molar-refractivity contribution in [3.63, 3.8) is 0 Å². The van der Waals surface area contributed by atoms with E-state index in [0.717, 1.165) is 0 Å². The fourth-order valence-electron chi connectivity index (χ4n) is 1.65. The van der Waals surface area contributed by atoms with Gasteiger partial charge in [-0.25, -0.2) is 4.79 Å². The minimum Gasteiger partial charge on any atom is -0.482 e. The number of benzene rings is 2. The molecule has 0 unspecified atom stereocenters. The minimum atomic E-state index is -1.08. The average Bonchev–Trinajstić information content (AvgIpc) is 2.48. The standard InChI is InChI=1S/C15H11Cl2NO4/c16-12-5-4-9(6-13(12)17)15(21)18-10-2-1-3-11(7-10)22-8-14(19)20/h1-7H,8H2,(H,18,21)(H,19,20). The highest BCUT2D eigenvalue weighted by molar-refractivity contribution is 6.42. The fourth-order valence-corrected chi connectivity index (χ4v) is 1.95. The van der Waals surface area contributed by atoms with Gasteiger partial charge in [0.1, 0.15) is 5.75 Å². The summed E-state index contributed by atoms with van der Waals surface area (Å²) in [5, 5.41) is 11.9. The van der Waals surface area contributed by atoms with Crippen LogP contribution in [0, 0.1) is 0 Å². The fraction of sp³-hybridized carbons (Fsp3) is 0.0667. The van der Waals surface area contributed by atoms with Gasteiger partial charge in [0.25, 0.3) is 5.91 Å².